The second kappa shape index (κ2) is 4.19. The molecule has 1 aromatic carbocycles. The average Bonchev–Trinajstić information content (AvgIpc) is 2.69. The molecular weight excluding hydrogens is 198 g/mol. The lowest BCUT2D eigenvalue weighted by molar-refractivity contribution is -0.00925. The molecule has 1 fully saturated rings. The van der Waals surface area contributed by atoms with Gasteiger partial charge in [0.1, 0.15) is 0 Å². The van der Waals surface area contributed by atoms with E-state index in [1.807, 2.05) is 0 Å². The van der Waals surface area contributed by atoms with E-state index in [1.165, 1.54) is 24.8 Å². The molecule has 0 aromatic heterocycles. The Hall–Kier alpha value is -0.860. The average molecular weight is 217 g/mol. The number of ether oxygens (including phenoxy) is 1. The van der Waals surface area contributed by atoms with E-state index in [9.17, 15) is 0 Å². The molecule has 86 valence electrons. The topological polar surface area (TPSA) is 21.3 Å². The molecule has 2 aliphatic rings. The zero-order valence-corrected chi connectivity index (χ0v) is 9.83. The third kappa shape index (κ3) is 1.87. The zero-order chi connectivity index (χ0) is 11.0. The molecule has 0 bridgehead atoms. The van der Waals surface area contributed by atoms with Crippen molar-refractivity contribution in [3.8, 4) is 0 Å². The molecule has 1 atom stereocenters. The minimum absolute atomic E-state index is 0.444. The smallest absolute Gasteiger partial charge is 0.0643 e. The number of rotatable bonds is 3. The predicted octanol–water partition coefficient (Wildman–Crippen LogP) is 2.22. The van der Waals surface area contributed by atoms with Crippen molar-refractivity contribution in [1.29, 1.82) is 0 Å². The van der Waals surface area contributed by atoms with Gasteiger partial charge in [-0.1, -0.05) is 18.2 Å². The van der Waals surface area contributed by atoms with E-state index in [1.54, 1.807) is 11.1 Å². The Balaban J connectivity index is 1.72. The summed E-state index contributed by atoms with van der Waals surface area (Å²) in [5.74, 6) is 0. The summed E-state index contributed by atoms with van der Waals surface area (Å²) >= 11 is 0. The first kappa shape index (κ1) is 10.3. The van der Waals surface area contributed by atoms with E-state index < -0.39 is 0 Å². The van der Waals surface area contributed by atoms with Crippen LogP contribution in [0.4, 0.5) is 0 Å². The minimum atomic E-state index is 0.444. The fourth-order valence-electron chi connectivity index (χ4n) is 2.64. The van der Waals surface area contributed by atoms with Crippen LogP contribution in [0.3, 0.4) is 0 Å². The summed E-state index contributed by atoms with van der Waals surface area (Å²) in [5, 5.41) is 3.60. The van der Waals surface area contributed by atoms with Crippen LogP contribution >= 0.6 is 0 Å². The molecule has 0 amide bonds. The Morgan fingerprint density at radius 1 is 1.25 bits per heavy atom. The lowest BCUT2D eigenvalue weighted by Gasteiger charge is -2.30. The molecule has 0 spiro atoms. The van der Waals surface area contributed by atoms with E-state index in [0.717, 1.165) is 13.2 Å². The third-order valence-corrected chi connectivity index (χ3v) is 3.75. The van der Waals surface area contributed by atoms with Gasteiger partial charge in [-0.25, -0.2) is 0 Å². The highest BCUT2D eigenvalue weighted by Crippen LogP contribution is 2.25. The normalized spacial score (nSPS) is 21.6. The summed E-state index contributed by atoms with van der Waals surface area (Å²) in [7, 11) is 0. The molecule has 1 unspecified atom stereocenters. The maximum Gasteiger partial charge on any atom is 0.0643 e. The Morgan fingerprint density at radius 3 is 2.81 bits per heavy atom. The van der Waals surface area contributed by atoms with E-state index >= 15 is 0 Å². The largest absolute Gasteiger partial charge is 0.378 e. The van der Waals surface area contributed by atoms with Gasteiger partial charge in [-0.3, -0.25) is 0 Å². The standard InChI is InChI=1S/C14H19NO/c1-10(15-14-8-16-9-14)12-6-5-11-3-2-4-13(11)7-12/h5-7,10,14-15H,2-4,8-9H2,1H3. The second-order valence-corrected chi connectivity index (χ2v) is 5.00. The van der Waals surface area contributed by atoms with Crippen molar-refractivity contribution in [2.45, 2.75) is 38.3 Å². The van der Waals surface area contributed by atoms with E-state index in [4.69, 9.17) is 4.74 Å². The maximum absolute atomic E-state index is 5.18. The van der Waals surface area contributed by atoms with Crippen molar-refractivity contribution in [2.75, 3.05) is 13.2 Å². The van der Waals surface area contributed by atoms with Crippen molar-refractivity contribution < 1.29 is 4.74 Å². The van der Waals surface area contributed by atoms with Gasteiger partial charge < -0.3 is 10.1 Å². The highest BCUT2D eigenvalue weighted by molar-refractivity contribution is 5.36. The Kier molecular flexibility index (Phi) is 2.70. The predicted molar refractivity (Wildman–Crippen MR) is 64.6 cm³/mol. The van der Waals surface area contributed by atoms with Crippen molar-refractivity contribution in [3.05, 3.63) is 34.9 Å². The van der Waals surface area contributed by atoms with E-state index in [2.05, 4.69) is 30.4 Å². The molecule has 1 aromatic rings. The van der Waals surface area contributed by atoms with Crippen LogP contribution in [0.1, 0.15) is 36.1 Å². The first-order chi connectivity index (χ1) is 7.83. The van der Waals surface area contributed by atoms with Crippen LogP contribution in [0.15, 0.2) is 18.2 Å². The molecule has 2 heteroatoms. The van der Waals surface area contributed by atoms with Gasteiger partial charge in [0.2, 0.25) is 0 Å². The first-order valence-electron chi connectivity index (χ1n) is 6.28. The lowest BCUT2D eigenvalue weighted by atomic mass is 10.0. The Labute approximate surface area is 97.0 Å². The van der Waals surface area contributed by atoms with Gasteiger partial charge in [0, 0.05) is 6.04 Å². The molecule has 1 aliphatic heterocycles. The van der Waals surface area contributed by atoms with Crippen LogP contribution in [0.2, 0.25) is 0 Å². The number of hydrogen-bond donors (Lipinski definition) is 1. The third-order valence-electron chi connectivity index (χ3n) is 3.75. The highest BCUT2D eigenvalue weighted by Gasteiger charge is 2.21. The number of benzene rings is 1. The van der Waals surface area contributed by atoms with Gasteiger partial charge in [0.15, 0.2) is 0 Å². The van der Waals surface area contributed by atoms with Gasteiger partial charge in [-0.15, -0.1) is 0 Å². The van der Waals surface area contributed by atoms with Crippen molar-refractivity contribution >= 4 is 0 Å². The quantitative estimate of drug-likeness (QED) is 0.838. The molecule has 2 nitrogen and oxygen atoms in total. The molecule has 0 radical (unpaired) electrons. The number of aryl methyl sites for hydroxylation is 2. The summed E-state index contributed by atoms with van der Waals surface area (Å²) in [6.45, 7) is 3.99. The summed E-state index contributed by atoms with van der Waals surface area (Å²) in [6, 6.07) is 7.98. The summed E-state index contributed by atoms with van der Waals surface area (Å²) in [6.07, 6.45) is 3.87. The molecule has 1 N–H and O–H groups in total. The monoisotopic (exact) mass is 217 g/mol. The minimum Gasteiger partial charge on any atom is -0.378 e. The maximum atomic E-state index is 5.18. The van der Waals surface area contributed by atoms with Crippen LogP contribution < -0.4 is 5.32 Å². The van der Waals surface area contributed by atoms with Gasteiger partial charge in [0.25, 0.3) is 0 Å². The van der Waals surface area contributed by atoms with Gasteiger partial charge >= 0.3 is 0 Å². The van der Waals surface area contributed by atoms with Crippen LogP contribution in [-0.4, -0.2) is 19.3 Å². The molecule has 1 heterocycles. The number of nitrogens with one attached hydrogen (secondary N) is 1. The summed E-state index contributed by atoms with van der Waals surface area (Å²) in [4.78, 5) is 0. The Bertz CT molecular complexity index is 384. The number of hydrogen-bond acceptors (Lipinski definition) is 2. The molecule has 16 heavy (non-hydrogen) atoms. The first-order valence-corrected chi connectivity index (χ1v) is 6.28. The van der Waals surface area contributed by atoms with Crippen LogP contribution in [0.5, 0.6) is 0 Å². The summed E-state index contributed by atoms with van der Waals surface area (Å²) in [5.41, 5.74) is 4.55. The van der Waals surface area contributed by atoms with Crippen LogP contribution in [0, 0.1) is 0 Å². The molecular formula is C14H19NO. The highest BCUT2D eigenvalue weighted by atomic mass is 16.5. The van der Waals surface area contributed by atoms with Crippen molar-refractivity contribution in [2.24, 2.45) is 0 Å². The summed E-state index contributed by atoms with van der Waals surface area (Å²) < 4.78 is 5.18. The lowest BCUT2D eigenvalue weighted by Crippen LogP contribution is -2.46. The zero-order valence-electron chi connectivity index (χ0n) is 9.83. The van der Waals surface area contributed by atoms with E-state index in [0.29, 0.717) is 12.1 Å². The molecule has 1 aliphatic carbocycles. The van der Waals surface area contributed by atoms with Gasteiger partial charge in [-0.05, 0) is 42.9 Å². The number of fused-ring (bicyclic) bond motifs is 1. The van der Waals surface area contributed by atoms with Gasteiger partial charge in [0.05, 0.1) is 19.3 Å². The molecule has 1 saturated heterocycles. The van der Waals surface area contributed by atoms with Crippen LogP contribution in [0.25, 0.3) is 0 Å². The SMILES string of the molecule is CC(NC1COC1)c1ccc2c(c1)CCC2. The second-order valence-electron chi connectivity index (χ2n) is 5.00. The van der Waals surface area contributed by atoms with Crippen molar-refractivity contribution in [1.82, 2.24) is 5.32 Å². The fraction of sp³-hybridized carbons (Fsp3) is 0.571. The molecule has 0 saturated carbocycles. The Morgan fingerprint density at radius 2 is 2.06 bits per heavy atom. The van der Waals surface area contributed by atoms with Gasteiger partial charge in [-0.2, -0.15) is 0 Å². The van der Waals surface area contributed by atoms with Crippen molar-refractivity contribution in [3.63, 3.8) is 0 Å². The van der Waals surface area contributed by atoms with E-state index in [-0.39, 0.29) is 0 Å². The molecule has 3 rings (SSSR count). The fourth-order valence-corrected chi connectivity index (χ4v) is 2.64. The van der Waals surface area contributed by atoms with Crippen LogP contribution in [-0.2, 0) is 17.6 Å².